The Hall–Kier alpha value is -3.66. The molecule has 2 heterocycles. The maximum atomic E-state index is 13.2. The number of benzene rings is 2. The van der Waals surface area contributed by atoms with Crippen LogP contribution in [0.1, 0.15) is 27.7 Å². The van der Waals surface area contributed by atoms with Crippen molar-refractivity contribution in [3.63, 3.8) is 0 Å². The van der Waals surface area contributed by atoms with E-state index in [9.17, 15) is 19.9 Å². The number of anilines is 2. The number of aromatic nitrogens is 1. The molecule has 3 N–H and O–H groups in total. The lowest BCUT2D eigenvalue weighted by Crippen LogP contribution is -2.26. The molecule has 0 aliphatic heterocycles. The third-order valence-corrected chi connectivity index (χ3v) is 6.22. The fraction of sp³-hybridized carbons (Fsp3) is 0.130. The molecule has 1 atom stereocenters. The van der Waals surface area contributed by atoms with Crippen LogP contribution >= 0.6 is 11.3 Å². The summed E-state index contributed by atoms with van der Waals surface area (Å²) in [5, 5.41) is 36.4. The molecule has 4 rings (SSSR count). The van der Waals surface area contributed by atoms with Gasteiger partial charge in [0, 0.05) is 29.4 Å². The summed E-state index contributed by atoms with van der Waals surface area (Å²) in [6.45, 7) is 0. The number of Topliss-reactive ketones (excluding diaryl/α,β-unsaturated/α-hetero) is 1. The fourth-order valence-electron chi connectivity index (χ4n) is 3.65. The van der Waals surface area contributed by atoms with Gasteiger partial charge in [0.25, 0.3) is 5.56 Å². The van der Waals surface area contributed by atoms with E-state index in [4.69, 9.17) is 5.21 Å². The number of nitrogens with one attached hydrogen (secondary N) is 1. The van der Waals surface area contributed by atoms with Gasteiger partial charge >= 0.3 is 0 Å². The molecule has 0 spiro atoms. The van der Waals surface area contributed by atoms with Crippen LogP contribution in [0.2, 0.25) is 0 Å². The summed E-state index contributed by atoms with van der Waals surface area (Å²) < 4.78 is 1.35. The van der Waals surface area contributed by atoms with Gasteiger partial charge in [0.2, 0.25) is 0 Å². The highest BCUT2D eigenvalue weighted by molar-refractivity contribution is 7.10. The molecule has 0 fully saturated rings. The lowest BCUT2D eigenvalue weighted by Gasteiger charge is -2.24. The highest BCUT2D eigenvalue weighted by Gasteiger charge is 2.25. The number of carbonyl (C=O) groups is 1. The quantitative estimate of drug-likeness (QED) is 0.282. The molecule has 32 heavy (non-hydrogen) atoms. The van der Waals surface area contributed by atoms with Crippen molar-refractivity contribution in [2.75, 3.05) is 10.5 Å². The first-order valence-electron chi connectivity index (χ1n) is 9.77. The Morgan fingerprint density at radius 3 is 2.69 bits per heavy atom. The largest absolute Gasteiger partial charge is 0.733 e. The van der Waals surface area contributed by atoms with E-state index in [0.717, 1.165) is 4.88 Å². The zero-order valence-electron chi connectivity index (χ0n) is 17.1. The zero-order valence-corrected chi connectivity index (χ0v) is 17.9. The van der Waals surface area contributed by atoms with E-state index in [2.05, 4.69) is 5.32 Å². The Morgan fingerprint density at radius 1 is 1.19 bits per heavy atom. The number of aromatic hydroxyl groups is 1. The van der Waals surface area contributed by atoms with E-state index >= 15 is 0 Å². The van der Waals surface area contributed by atoms with Gasteiger partial charge < -0.3 is 25.4 Å². The maximum Gasteiger partial charge on any atom is 0.265 e. The molecule has 8 nitrogen and oxygen atoms in total. The lowest BCUT2D eigenvalue weighted by molar-refractivity contribution is 0.0972. The predicted octanol–water partition coefficient (Wildman–Crippen LogP) is 4.43. The van der Waals surface area contributed by atoms with E-state index in [1.165, 1.54) is 28.0 Å². The number of thiophene rings is 1. The molecule has 9 heteroatoms. The van der Waals surface area contributed by atoms with Crippen molar-refractivity contribution in [1.82, 2.24) is 4.57 Å². The van der Waals surface area contributed by atoms with Crippen molar-refractivity contribution in [2.24, 2.45) is 7.05 Å². The second-order valence-electron chi connectivity index (χ2n) is 7.27. The van der Waals surface area contributed by atoms with Crippen LogP contribution in [0.25, 0.3) is 10.9 Å². The number of aryl methyl sites for hydroxylation is 1. The van der Waals surface area contributed by atoms with Gasteiger partial charge in [0.1, 0.15) is 11.3 Å². The number of carbonyl (C=O) groups excluding carboxylic acids is 1. The number of pyridine rings is 1. The van der Waals surface area contributed by atoms with Crippen molar-refractivity contribution < 1.29 is 15.1 Å². The molecule has 0 saturated carbocycles. The minimum atomic E-state index is -0.569. The van der Waals surface area contributed by atoms with Gasteiger partial charge in [-0.15, -0.1) is 11.3 Å². The Kier molecular flexibility index (Phi) is 5.95. The summed E-state index contributed by atoms with van der Waals surface area (Å²) >= 11 is 1.43. The molecule has 0 amide bonds. The lowest BCUT2D eigenvalue weighted by atomic mass is 10.0. The molecular weight excluding hydrogens is 430 g/mol. The third-order valence-electron chi connectivity index (χ3n) is 5.24. The second-order valence-corrected chi connectivity index (χ2v) is 8.25. The molecule has 2 aromatic carbocycles. The summed E-state index contributed by atoms with van der Waals surface area (Å²) in [5.41, 5.74) is 0.249. The molecule has 0 bridgehead atoms. The van der Waals surface area contributed by atoms with E-state index in [1.54, 1.807) is 43.4 Å². The normalized spacial score (nSPS) is 12.0. The number of hydrogen-bond donors (Lipinski definition) is 3. The van der Waals surface area contributed by atoms with Crippen molar-refractivity contribution in [3.8, 4) is 5.75 Å². The predicted molar refractivity (Wildman–Crippen MR) is 125 cm³/mol. The van der Waals surface area contributed by atoms with E-state index in [-0.39, 0.29) is 28.6 Å². The zero-order chi connectivity index (χ0) is 22.8. The standard InChI is InChI=1S/C23H20N3O5S/c1-25-18-9-3-2-8-16(18)22(28)21(23(25)29)19(27)13-17(20-10-5-11-32-20)24-14-6-4-7-15(12-14)26(30)31/h2-12,17,24,28,30H,13H2,1H3/q-1/t17-/m1/s1. The SMILES string of the molecule is Cn1c(=O)c(C(=O)C[C@@H](Nc2cccc(N([O-])O)c2)c2cccs2)c(O)c2ccccc21. The van der Waals surface area contributed by atoms with Crippen molar-refractivity contribution in [3.05, 3.63) is 92.0 Å². The van der Waals surface area contributed by atoms with E-state index in [1.807, 2.05) is 17.5 Å². The van der Waals surface area contributed by atoms with E-state index in [0.29, 0.717) is 16.6 Å². The first-order chi connectivity index (χ1) is 15.4. The molecular formula is C23H20N3O5S-. The molecule has 0 aliphatic carbocycles. The second kappa shape index (κ2) is 8.83. The van der Waals surface area contributed by atoms with Gasteiger partial charge in [-0.3, -0.25) is 14.8 Å². The molecule has 164 valence electrons. The molecule has 0 unspecified atom stereocenters. The van der Waals surface area contributed by atoms with Crippen LogP contribution in [-0.2, 0) is 7.05 Å². The fourth-order valence-corrected chi connectivity index (χ4v) is 4.42. The van der Waals surface area contributed by atoms with Crippen LogP contribution in [0.15, 0.2) is 70.8 Å². The van der Waals surface area contributed by atoms with E-state index < -0.39 is 17.4 Å². The number of hydrogen-bond acceptors (Lipinski definition) is 8. The Balaban J connectivity index is 1.70. The third kappa shape index (κ3) is 4.09. The number of nitrogens with zero attached hydrogens (tertiary/aromatic N) is 2. The maximum absolute atomic E-state index is 13.2. The smallest absolute Gasteiger partial charge is 0.265 e. The summed E-state index contributed by atoms with van der Waals surface area (Å²) in [7, 11) is 1.56. The van der Waals surface area contributed by atoms with Gasteiger partial charge in [0.15, 0.2) is 5.78 Å². The van der Waals surface area contributed by atoms with Crippen LogP contribution in [0.4, 0.5) is 11.4 Å². The van der Waals surface area contributed by atoms with Crippen LogP contribution in [-0.4, -0.2) is 20.7 Å². The van der Waals surface area contributed by atoms with Gasteiger partial charge in [-0.2, -0.15) is 0 Å². The molecule has 4 aromatic rings. The molecule has 0 aliphatic rings. The summed E-state index contributed by atoms with van der Waals surface area (Å²) in [6.07, 6.45) is -0.105. The highest BCUT2D eigenvalue weighted by atomic mass is 32.1. The Labute approximate surface area is 187 Å². The van der Waals surface area contributed by atoms with Crippen LogP contribution < -0.4 is 16.1 Å². The summed E-state index contributed by atoms with van der Waals surface area (Å²) in [6, 6.07) is 16.2. The van der Waals surface area contributed by atoms with Crippen LogP contribution in [0.3, 0.4) is 0 Å². The summed E-state index contributed by atoms with van der Waals surface area (Å²) in [5.74, 6) is -0.841. The Morgan fingerprint density at radius 2 is 1.97 bits per heavy atom. The molecule has 0 radical (unpaired) electrons. The first-order valence-corrected chi connectivity index (χ1v) is 10.6. The number of rotatable bonds is 7. The highest BCUT2D eigenvalue weighted by Crippen LogP contribution is 2.32. The minimum Gasteiger partial charge on any atom is -0.733 e. The molecule has 0 saturated heterocycles. The summed E-state index contributed by atoms with van der Waals surface area (Å²) in [4.78, 5) is 27.0. The first kappa shape index (κ1) is 21.6. The Bertz CT molecular complexity index is 1330. The van der Waals surface area contributed by atoms with Crippen LogP contribution in [0, 0.1) is 5.21 Å². The monoisotopic (exact) mass is 450 g/mol. The number of para-hydroxylation sites is 1. The number of fused-ring (bicyclic) bond motifs is 1. The van der Waals surface area contributed by atoms with Crippen LogP contribution in [0.5, 0.6) is 5.75 Å². The van der Waals surface area contributed by atoms with Gasteiger partial charge in [-0.25, -0.2) is 0 Å². The average molecular weight is 450 g/mol. The minimum absolute atomic E-state index is 0.0345. The van der Waals surface area contributed by atoms with Gasteiger partial charge in [-0.05, 0) is 41.8 Å². The van der Waals surface area contributed by atoms with Crippen molar-refractivity contribution >= 4 is 39.4 Å². The topological polar surface area (TPSA) is 118 Å². The van der Waals surface area contributed by atoms with Gasteiger partial charge in [-0.1, -0.05) is 24.3 Å². The average Bonchev–Trinajstić information content (AvgIpc) is 3.32. The van der Waals surface area contributed by atoms with Crippen molar-refractivity contribution in [1.29, 1.82) is 0 Å². The number of ketones is 1. The van der Waals surface area contributed by atoms with Gasteiger partial charge in [0.05, 0.1) is 17.2 Å². The van der Waals surface area contributed by atoms with Crippen molar-refractivity contribution in [2.45, 2.75) is 12.5 Å². The molecule has 2 aromatic heterocycles.